The quantitative estimate of drug-likeness (QED) is 0.614. The van der Waals surface area contributed by atoms with Crippen LogP contribution in [0.1, 0.15) is 24.2 Å². The van der Waals surface area contributed by atoms with E-state index in [1.807, 2.05) is 0 Å². The first-order chi connectivity index (χ1) is 8.38. The van der Waals surface area contributed by atoms with Gasteiger partial charge in [0.25, 0.3) is 5.91 Å². The summed E-state index contributed by atoms with van der Waals surface area (Å²) in [5.74, 6) is -4.81. The van der Waals surface area contributed by atoms with Crippen LogP contribution in [0.2, 0.25) is 0 Å². The zero-order valence-electron chi connectivity index (χ0n) is 10.0. The van der Waals surface area contributed by atoms with Gasteiger partial charge >= 0.3 is 0 Å². The highest BCUT2D eigenvalue weighted by Gasteiger charge is 2.21. The Balaban J connectivity index is 3.09. The lowest BCUT2D eigenvalue weighted by atomic mass is 10.1. The molecular weight excluding hydrogens is 311 g/mol. The molecule has 0 fully saturated rings. The van der Waals surface area contributed by atoms with E-state index in [4.69, 9.17) is 0 Å². The van der Waals surface area contributed by atoms with Crippen molar-refractivity contribution < 1.29 is 18.0 Å². The molecular formula is C12H13BrF3NO. The second-order valence-electron chi connectivity index (χ2n) is 4.04. The Kier molecular flexibility index (Phi) is 5.19. The number of carbonyl (C=O) groups excluding carboxylic acids is 1. The second kappa shape index (κ2) is 6.22. The van der Waals surface area contributed by atoms with Crippen LogP contribution >= 0.6 is 15.9 Å². The van der Waals surface area contributed by atoms with E-state index in [2.05, 4.69) is 15.9 Å². The van der Waals surface area contributed by atoms with Crippen molar-refractivity contribution in [3.05, 3.63) is 35.1 Å². The SMILES string of the molecule is CC(C)N(CCBr)C(=O)c1cc(F)c(F)c(F)c1. The Morgan fingerprint density at radius 2 is 1.78 bits per heavy atom. The minimum atomic E-state index is -1.57. The molecule has 2 nitrogen and oxygen atoms in total. The van der Waals surface area contributed by atoms with Gasteiger partial charge in [-0.1, -0.05) is 15.9 Å². The van der Waals surface area contributed by atoms with Crippen molar-refractivity contribution in [1.29, 1.82) is 0 Å². The van der Waals surface area contributed by atoms with E-state index in [0.29, 0.717) is 24.0 Å². The summed E-state index contributed by atoms with van der Waals surface area (Å²) in [4.78, 5) is 13.5. The lowest BCUT2D eigenvalue weighted by Crippen LogP contribution is -2.38. The number of halogens is 4. The van der Waals surface area contributed by atoms with Crippen LogP contribution in [-0.4, -0.2) is 28.7 Å². The van der Waals surface area contributed by atoms with E-state index in [9.17, 15) is 18.0 Å². The van der Waals surface area contributed by atoms with Gasteiger partial charge in [0.05, 0.1) is 0 Å². The van der Waals surface area contributed by atoms with Gasteiger partial charge in [-0.05, 0) is 26.0 Å². The van der Waals surface area contributed by atoms with E-state index in [1.54, 1.807) is 13.8 Å². The van der Waals surface area contributed by atoms with Gasteiger partial charge < -0.3 is 4.90 Å². The third-order valence-electron chi connectivity index (χ3n) is 2.44. The number of hydrogen-bond donors (Lipinski definition) is 0. The minimum absolute atomic E-state index is 0.119. The molecule has 0 saturated heterocycles. The molecule has 0 spiro atoms. The van der Waals surface area contributed by atoms with Crippen molar-refractivity contribution in [3.63, 3.8) is 0 Å². The van der Waals surface area contributed by atoms with Crippen LogP contribution in [0.25, 0.3) is 0 Å². The Labute approximate surface area is 112 Å². The minimum Gasteiger partial charge on any atom is -0.335 e. The average molecular weight is 324 g/mol. The summed E-state index contributed by atoms with van der Waals surface area (Å²) < 4.78 is 38.9. The van der Waals surface area contributed by atoms with Crippen LogP contribution in [-0.2, 0) is 0 Å². The molecule has 1 rings (SSSR count). The molecule has 0 atom stereocenters. The van der Waals surface area contributed by atoms with Gasteiger partial charge in [0.15, 0.2) is 17.5 Å². The van der Waals surface area contributed by atoms with Crippen molar-refractivity contribution in [2.75, 3.05) is 11.9 Å². The fourth-order valence-electron chi connectivity index (χ4n) is 1.53. The lowest BCUT2D eigenvalue weighted by Gasteiger charge is -2.26. The van der Waals surface area contributed by atoms with Crippen molar-refractivity contribution in [2.45, 2.75) is 19.9 Å². The van der Waals surface area contributed by atoms with Gasteiger partial charge in [-0.3, -0.25) is 4.79 Å². The first-order valence-corrected chi connectivity index (χ1v) is 6.52. The Morgan fingerprint density at radius 1 is 1.28 bits per heavy atom. The van der Waals surface area contributed by atoms with Gasteiger partial charge in [-0.25, -0.2) is 13.2 Å². The average Bonchev–Trinajstić information content (AvgIpc) is 2.31. The van der Waals surface area contributed by atoms with Crippen molar-refractivity contribution in [2.24, 2.45) is 0 Å². The Hall–Kier alpha value is -1.04. The van der Waals surface area contributed by atoms with Gasteiger partial charge in [0, 0.05) is 23.5 Å². The highest BCUT2D eigenvalue weighted by Crippen LogP contribution is 2.16. The topological polar surface area (TPSA) is 20.3 Å². The summed E-state index contributed by atoms with van der Waals surface area (Å²) in [5, 5.41) is 0.545. The lowest BCUT2D eigenvalue weighted by molar-refractivity contribution is 0.0718. The molecule has 0 aliphatic rings. The molecule has 0 bridgehead atoms. The van der Waals surface area contributed by atoms with Crippen LogP contribution in [0.15, 0.2) is 12.1 Å². The smallest absolute Gasteiger partial charge is 0.254 e. The van der Waals surface area contributed by atoms with Crippen LogP contribution < -0.4 is 0 Å². The molecule has 0 aromatic heterocycles. The Bertz CT molecular complexity index is 428. The highest BCUT2D eigenvalue weighted by atomic mass is 79.9. The molecule has 1 aromatic rings. The third kappa shape index (κ3) is 3.25. The summed E-state index contributed by atoms with van der Waals surface area (Å²) in [6, 6.07) is 1.31. The number of alkyl halides is 1. The molecule has 0 unspecified atom stereocenters. The van der Waals surface area contributed by atoms with E-state index in [1.165, 1.54) is 4.90 Å². The maximum atomic E-state index is 13.1. The summed E-state index contributed by atoms with van der Waals surface area (Å²) in [6.45, 7) is 3.98. The summed E-state index contributed by atoms with van der Waals surface area (Å²) in [6.07, 6.45) is 0. The zero-order valence-corrected chi connectivity index (χ0v) is 11.6. The van der Waals surface area contributed by atoms with Crippen LogP contribution in [0.3, 0.4) is 0 Å². The number of carbonyl (C=O) groups is 1. The van der Waals surface area contributed by atoms with Gasteiger partial charge in [0.1, 0.15) is 0 Å². The first-order valence-electron chi connectivity index (χ1n) is 5.40. The van der Waals surface area contributed by atoms with Gasteiger partial charge in [-0.2, -0.15) is 0 Å². The monoisotopic (exact) mass is 323 g/mol. The number of hydrogen-bond acceptors (Lipinski definition) is 1. The maximum Gasteiger partial charge on any atom is 0.254 e. The van der Waals surface area contributed by atoms with Gasteiger partial charge in [0.2, 0.25) is 0 Å². The Morgan fingerprint density at radius 3 is 2.17 bits per heavy atom. The van der Waals surface area contributed by atoms with Crippen LogP contribution in [0, 0.1) is 17.5 Å². The predicted octanol–water partition coefficient (Wildman–Crippen LogP) is 3.35. The number of nitrogens with zero attached hydrogens (tertiary/aromatic N) is 1. The third-order valence-corrected chi connectivity index (χ3v) is 2.80. The zero-order chi connectivity index (χ0) is 13.9. The molecule has 0 heterocycles. The molecule has 1 amide bonds. The van der Waals surface area contributed by atoms with Crippen molar-refractivity contribution >= 4 is 21.8 Å². The van der Waals surface area contributed by atoms with E-state index in [0.717, 1.165) is 0 Å². The molecule has 0 aliphatic heterocycles. The van der Waals surface area contributed by atoms with E-state index in [-0.39, 0.29) is 11.6 Å². The number of amides is 1. The number of benzene rings is 1. The molecule has 0 N–H and O–H groups in total. The molecule has 1 aromatic carbocycles. The summed E-state index contributed by atoms with van der Waals surface area (Å²) in [5.41, 5.74) is -0.193. The number of rotatable bonds is 4. The van der Waals surface area contributed by atoms with E-state index >= 15 is 0 Å². The van der Waals surface area contributed by atoms with Gasteiger partial charge in [-0.15, -0.1) is 0 Å². The predicted molar refractivity (Wildman–Crippen MR) is 66.3 cm³/mol. The van der Waals surface area contributed by atoms with Crippen molar-refractivity contribution in [3.8, 4) is 0 Å². The van der Waals surface area contributed by atoms with Crippen LogP contribution in [0.5, 0.6) is 0 Å². The normalized spacial score (nSPS) is 10.8. The van der Waals surface area contributed by atoms with Crippen molar-refractivity contribution in [1.82, 2.24) is 4.90 Å². The molecule has 18 heavy (non-hydrogen) atoms. The fraction of sp³-hybridized carbons (Fsp3) is 0.417. The molecule has 6 heteroatoms. The highest BCUT2D eigenvalue weighted by molar-refractivity contribution is 9.09. The molecule has 0 radical (unpaired) electrons. The fourth-order valence-corrected chi connectivity index (χ4v) is 1.91. The standard InChI is InChI=1S/C12H13BrF3NO/c1-7(2)17(4-3-13)12(18)8-5-9(14)11(16)10(15)6-8/h5-7H,3-4H2,1-2H3. The van der Waals surface area contributed by atoms with Crippen LogP contribution in [0.4, 0.5) is 13.2 Å². The molecule has 100 valence electrons. The second-order valence-corrected chi connectivity index (χ2v) is 4.83. The largest absolute Gasteiger partial charge is 0.335 e. The summed E-state index contributed by atoms with van der Waals surface area (Å²) >= 11 is 3.20. The van der Waals surface area contributed by atoms with E-state index < -0.39 is 23.4 Å². The summed E-state index contributed by atoms with van der Waals surface area (Å²) in [7, 11) is 0. The molecule has 0 aliphatic carbocycles. The maximum absolute atomic E-state index is 13.1. The molecule has 0 saturated carbocycles. The first kappa shape index (κ1) is 15.0.